The Morgan fingerprint density at radius 1 is 0.958 bits per heavy atom. The number of para-hydroxylation sites is 3. The third kappa shape index (κ3) is 3.70. The second-order valence-electron chi connectivity index (χ2n) is 5.08. The molecule has 5 heteroatoms. The first-order valence-corrected chi connectivity index (χ1v) is 7.46. The van der Waals surface area contributed by atoms with Gasteiger partial charge in [-0.2, -0.15) is 0 Å². The standard InChI is InChI=1S/C19H16N2O3/c22-18-12-5-4-11-17(18)21(14-15-8-6-7-13-20-15)19(23)24-16-9-2-1-3-10-16/h1-13,22H,14H2. The number of benzene rings is 2. The molecular weight excluding hydrogens is 304 g/mol. The molecule has 1 aromatic heterocycles. The van der Waals surface area contributed by atoms with Crippen LogP contribution in [0.15, 0.2) is 79.0 Å². The molecule has 0 bridgehead atoms. The van der Waals surface area contributed by atoms with E-state index in [1.165, 1.54) is 11.0 Å². The van der Waals surface area contributed by atoms with Crippen molar-refractivity contribution < 1.29 is 14.6 Å². The van der Waals surface area contributed by atoms with Crippen LogP contribution < -0.4 is 9.64 Å². The molecule has 1 amide bonds. The van der Waals surface area contributed by atoms with Crippen molar-refractivity contribution >= 4 is 11.8 Å². The maximum absolute atomic E-state index is 12.6. The molecular formula is C19H16N2O3. The number of nitrogens with zero attached hydrogens (tertiary/aromatic N) is 2. The van der Waals surface area contributed by atoms with Crippen LogP contribution in [0, 0.1) is 0 Å². The monoisotopic (exact) mass is 320 g/mol. The maximum Gasteiger partial charge on any atom is 0.420 e. The molecule has 1 heterocycles. The van der Waals surface area contributed by atoms with Gasteiger partial charge in [0.15, 0.2) is 0 Å². The highest BCUT2D eigenvalue weighted by atomic mass is 16.6. The van der Waals surface area contributed by atoms with Gasteiger partial charge in [0.2, 0.25) is 0 Å². The molecule has 0 aliphatic rings. The van der Waals surface area contributed by atoms with E-state index in [0.29, 0.717) is 17.1 Å². The fourth-order valence-corrected chi connectivity index (χ4v) is 2.24. The number of pyridine rings is 1. The third-order valence-corrected chi connectivity index (χ3v) is 3.39. The van der Waals surface area contributed by atoms with E-state index in [2.05, 4.69) is 4.98 Å². The zero-order valence-electron chi connectivity index (χ0n) is 12.9. The van der Waals surface area contributed by atoms with E-state index in [4.69, 9.17) is 4.74 Å². The highest BCUT2D eigenvalue weighted by Crippen LogP contribution is 2.28. The van der Waals surface area contributed by atoms with Crippen LogP contribution in [-0.2, 0) is 6.54 Å². The van der Waals surface area contributed by atoms with Gasteiger partial charge < -0.3 is 9.84 Å². The number of carbonyl (C=O) groups is 1. The number of hydrogen-bond donors (Lipinski definition) is 1. The van der Waals surface area contributed by atoms with E-state index < -0.39 is 6.09 Å². The molecule has 3 aromatic rings. The van der Waals surface area contributed by atoms with E-state index in [9.17, 15) is 9.90 Å². The molecule has 0 saturated carbocycles. The van der Waals surface area contributed by atoms with Crippen LogP contribution in [0.2, 0.25) is 0 Å². The lowest BCUT2D eigenvalue weighted by atomic mass is 10.2. The Hall–Kier alpha value is -3.34. The van der Waals surface area contributed by atoms with Gasteiger partial charge in [-0.05, 0) is 36.4 Å². The summed E-state index contributed by atoms with van der Waals surface area (Å²) in [6.45, 7) is 0.185. The number of anilines is 1. The van der Waals surface area contributed by atoms with Crippen molar-refractivity contribution in [3.63, 3.8) is 0 Å². The Labute approximate surface area is 139 Å². The summed E-state index contributed by atoms with van der Waals surface area (Å²) < 4.78 is 5.41. The molecule has 1 N–H and O–H groups in total. The molecule has 24 heavy (non-hydrogen) atoms. The molecule has 0 spiro atoms. The third-order valence-electron chi connectivity index (χ3n) is 3.39. The second kappa shape index (κ2) is 7.28. The molecule has 120 valence electrons. The minimum absolute atomic E-state index is 0.00144. The van der Waals surface area contributed by atoms with Gasteiger partial charge in [0.1, 0.15) is 11.5 Å². The van der Waals surface area contributed by atoms with Crippen molar-refractivity contribution in [2.45, 2.75) is 6.54 Å². The number of carbonyl (C=O) groups excluding carboxylic acids is 1. The highest BCUT2D eigenvalue weighted by molar-refractivity contribution is 5.90. The van der Waals surface area contributed by atoms with Crippen molar-refractivity contribution in [1.29, 1.82) is 0 Å². The molecule has 0 aliphatic carbocycles. The predicted molar refractivity (Wildman–Crippen MR) is 91.0 cm³/mol. The Balaban J connectivity index is 1.89. The number of hydrogen-bond acceptors (Lipinski definition) is 4. The van der Waals surface area contributed by atoms with E-state index in [1.54, 1.807) is 54.7 Å². The van der Waals surface area contributed by atoms with Crippen molar-refractivity contribution in [2.24, 2.45) is 0 Å². The van der Waals surface area contributed by atoms with E-state index in [-0.39, 0.29) is 12.3 Å². The van der Waals surface area contributed by atoms with Gasteiger partial charge in [0, 0.05) is 6.20 Å². The minimum Gasteiger partial charge on any atom is -0.506 e. The predicted octanol–water partition coefficient (Wildman–Crippen LogP) is 3.99. The number of ether oxygens (including phenoxy) is 1. The minimum atomic E-state index is -0.589. The van der Waals surface area contributed by atoms with Crippen LogP contribution in [0.25, 0.3) is 0 Å². The first-order valence-electron chi connectivity index (χ1n) is 7.46. The summed E-state index contributed by atoms with van der Waals surface area (Å²) in [5.74, 6) is 0.433. The fourth-order valence-electron chi connectivity index (χ4n) is 2.24. The van der Waals surface area contributed by atoms with Crippen molar-refractivity contribution in [2.75, 3.05) is 4.90 Å². The second-order valence-corrected chi connectivity index (χ2v) is 5.08. The first-order chi connectivity index (χ1) is 11.7. The summed E-state index contributed by atoms with van der Waals surface area (Å²) in [4.78, 5) is 18.2. The molecule has 0 saturated heterocycles. The first kappa shape index (κ1) is 15.6. The summed E-state index contributed by atoms with van der Waals surface area (Å²) in [5.41, 5.74) is 1.05. The normalized spacial score (nSPS) is 10.2. The van der Waals surface area contributed by atoms with Gasteiger partial charge in [0.25, 0.3) is 0 Å². The van der Waals surface area contributed by atoms with Gasteiger partial charge in [0.05, 0.1) is 17.9 Å². The van der Waals surface area contributed by atoms with Crippen LogP contribution in [0.5, 0.6) is 11.5 Å². The average molecular weight is 320 g/mol. The molecule has 0 atom stereocenters. The van der Waals surface area contributed by atoms with E-state index in [1.807, 2.05) is 18.2 Å². The van der Waals surface area contributed by atoms with E-state index in [0.717, 1.165) is 0 Å². The number of phenolic OH excluding ortho intramolecular Hbond substituents is 1. The SMILES string of the molecule is O=C(Oc1ccccc1)N(Cc1ccccn1)c1ccccc1O. The van der Waals surface area contributed by atoms with Gasteiger partial charge in [-0.3, -0.25) is 9.88 Å². The van der Waals surface area contributed by atoms with Crippen LogP contribution in [0.3, 0.4) is 0 Å². The summed E-state index contributed by atoms with van der Waals surface area (Å²) in [5, 5.41) is 10.1. The van der Waals surface area contributed by atoms with E-state index >= 15 is 0 Å². The van der Waals surface area contributed by atoms with Gasteiger partial charge in [-0.1, -0.05) is 36.4 Å². The summed E-state index contributed by atoms with van der Waals surface area (Å²) in [7, 11) is 0. The topological polar surface area (TPSA) is 62.7 Å². The number of amides is 1. The van der Waals surface area contributed by atoms with Gasteiger partial charge >= 0.3 is 6.09 Å². The molecule has 5 nitrogen and oxygen atoms in total. The Kier molecular flexibility index (Phi) is 4.72. The van der Waals surface area contributed by atoms with Crippen LogP contribution in [0.1, 0.15) is 5.69 Å². The molecule has 0 aliphatic heterocycles. The summed E-state index contributed by atoms with van der Waals surface area (Å²) >= 11 is 0. The van der Waals surface area contributed by atoms with Crippen molar-refractivity contribution in [3.8, 4) is 11.5 Å². The molecule has 3 rings (SSSR count). The molecule has 2 aromatic carbocycles. The lowest BCUT2D eigenvalue weighted by Gasteiger charge is -2.22. The quantitative estimate of drug-likeness (QED) is 0.789. The number of aromatic nitrogens is 1. The Bertz CT molecular complexity index is 807. The Morgan fingerprint density at radius 2 is 1.67 bits per heavy atom. The molecule has 0 radical (unpaired) electrons. The summed E-state index contributed by atoms with van der Waals surface area (Å²) in [6, 6.07) is 20.9. The fraction of sp³-hybridized carbons (Fsp3) is 0.0526. The average Bonchev–Trinajstić information content (AvgIpc) is 2.62. The number of phenols is 1. The molecule has 0 unspecified atom stereocenters. The zero-order chi connectivity index (χ0) is 16.8. The lowest BCUT2D eigenvalue weighted by Crippen LogP contribution is -2.33. The van der Waals surface area contributed by atoms with Gasteiger partial charge in [-0.25, -0.2) is 4.79 Å². The van der Waals surface area contributed by atoms with Crippen molar-refractivity contribution in [3.05, 3.63) is 84.7 Å². The van der Waals surface area contributed by atoms with Crippen molar-refractivity contribution in [1.82, 2.24) is 4.98 Å². The molecule has 0 fully saturated rings. The van der Waals surface area contributed by atoms with Crippen LogP contribution in [0.4, 0.5) is 10.5 Å². The maximum atomic E-state index is 12.6. The lowest BCUT2D eigenvalue weighted by molar-refractivity contribution is 0.207. The summed E-state index contributed by atoms with van der Waals surface area (Å²) in [6.07, 6.45) is 1.06. The van der Waals surface area contributed by atoms with Gasteiger partial charge in [-0.15, -0.1) is 0 Å². The zero-order valence-corrected chi connectivity index (χ0v) is 12.9. The van der Waals surface area contributed by atoms with Crippen LogP contribution >= 0.6 is 0 Å². The highest BCUT2D eigenvalue weighted by Gasteiger charge is 2.21. The number of aromatic hydroxyl groups is 1. The van der Waals surface area contributed by atoms with Crippen LogP contribution in [-0.4, -0.2) is 16.2 Å². The Morgan fingerprint density at radius 3 is 2.38 bits per heavy atom. The number of rotatable bonds is 4. The smallest absolute Gasteiger partial charge is 0.420 e. The largest absolute Gasteiger partial charge is 0.506 e.